The van der Waals surface area contributed by atoms with Gasteiger partial charge in [0.05, 0.1) is 12.4 Å². The van der Waals surface area contributed by atoms with Gasteiger partial charge in [0.2, 0.25) is 10.0 Å². The van der Waals surface area contributed by atoms with E-state index in [0.29, 0.717) is 12.1 Å². The average molecular weight is 521 g/mol. The van der Waals surface area contributed by atoms with E-state index in [1.54, 1.807) is 6.07 Å². The summed E-state index contributed by atoms with van der Waals surface area (Å²) < 4.78 is 25.5. The summed E-state index contributed by atoms with van der Waals surface area (Å²) in [4.78, 5) is 12.8. The van der Waals surface area contributed by atoms with Gasteiger partial charge in [-0.2, -0.15) is 0 Å². The van der Waals surface area contributed by atoms with E-state index in [1.807, 2.05) is 36.4 Å². The molecule has 196 valence electrons. The summed E-state index contributed by atoms with van der Waals surface area (Å²) in [5.74, 6) is -0.305. The number of carbonyl (C=O) groups is 1. The number of aliphatic hydroxyl groups is 1. The first kappa shape index (κ1) is 27.0. The standard InChI is InChI=1S/C30H36N2O4S/c1-37(35,36)32-30(34)27-17-16-26(20-28(27)24-8-4-2-5-9-24)23-14-12-22(13-15-23)18-19-31-21-29(33)25-10-6-3-7-11-25/h3,6-7,10-17,20,24,29,31,33H,2,4-5,8-9,18-19,21H2,1H3,(H,32,34)/t29-/m1/s1. The molecule has 0 heterocycles. The lowest BCUT2D eigenvalue weighted by Gasteiger charge is -2.24. The zero-order valence-corrected chi connectivity index (χ0v) is 22.1. The number of aliphatic hydroxyl groups excluding tert-OH is 1. The van der Waals surface area contributed by atoms with E-state index in [4.69, 9.17) is 0 Å². The molecule has 1 aliphatic rings. The predicted molar refractivity (Wildman–Crippen MR) is 148 cm³/mol. The summed E-state index contributed by atoms with van der Waals surface area (Å²) >= 11 is 0. The molecular formula is C30H36N2O4S. The molecule has 37 heavy (non-hydrogen) atoms. The van der Waals surface area contributed by atoms with E-state index in [0.717, 1.165) is 67.2 Å². The molecule has 4 rings (SSSR count). The molecule has 1 aliphatic carbocycles. The molecular weight excluding hydrogens is 484 g/mol. The number of amides is 1. The van der Waals surface area contributed by atoms with Gasteiger partial charge in [-0.15, -0.1) is 0 Å². The molecule has 3 aromatic carbocycles. The normalized spacial score (nSPS) is 15.3. The van der Waals surface area contributed by atoms with Gasteiger partial charge in [-0.05, 0) is 65.6 Å². The highest BCUT2D eigenvalue weighted by Crippen LogP contribution is 2.36. The van der Waals surface area contributed by atoms with E-state index in [1.165, 1.54) is 12.0 Å². The van der Waals surface area contributed by atoms with Crippen molar-refractivity contribution in [2.75, 3.05) is 19.3 Å². The highest BCUT2D eigenvalue weighted by Gasteiger charge is 2.23. The van der Waals surface area contributed by atoms with Crippen molar-refractivity contribution in [3.63, 3.8) is 0 Å². The van der Waals surface area contributed by atoms with Crippen molar-refractivity contribution in [1.82, 2.24) is 10.0 Å². The first-order chi connectivity index (χ1) is 17.8. The molecule has 1 saturated carbocycles. The highest BCUT2D eigenvalue weighted by atomic mass is 32.2. The first-order valence-electron chi connectivity index (χ1n) is 13.0. The Bertz CT molecular complexity index is 1280. The van der Waals surface area contributed by atoms with Gasteiger partial charge < -0.3 is 10.4 Å². The summed E-state index contributed by atoms with van der Waals surface area (Å²) in [5, 5.41) is 13.6. The molecule has 3 aromatic rings. The van der Waals surface area contributed by atoms with Gasteiger partial charge in [0.15, 0.2) is 0 Å². The first-order valence-corrected chi connectivity index (χ1v) is 14.9. The number of nitrogens with one attached hydrogen (secondary N) is 2. The number of benzene rings is 3. The zero-order chi connectivity index (χ0) is 26.3. The summed E-state index contributed by atoms with van der Waals surface area (Å²) in [7, 11) is -3.63. The monoisotopic (exact) mass is 520 g/mol. The third-order valence-corrected chi connectivity index (χ3v) is 7.58. The number of hydrogen-bond acceptors (Lipinski definition) is 5. The van der Waals surface area contributed by atoms with Gasteiger partial charge in [0.25, 0.3) is 5.91 Å². The number of carbonyl (C=O) groups excluding carboxylic acids is 1. The molecule has 0 saturated heterocycles. The third-order valence-electron chi connectivity index (χ3n) is 7.02. The Labute approximate surface area is 220 Å². The molecule has 1 amide bonds. The average Bonchev–Trinajstić information content (AvgIpc) is 2.91. The predicted octanol–water partition coefficient (Wildman–Crippen LogP) is 4.96. The Hall–Kier alpha value is -3.00. The van der Waals surface area contributed by atoms with Crippen LogP contribution in [0.1, 0.15) is 71.2 Å². The fraction of sp³-hybridized carbons (Fsp3) is 0.367. The third kappa shape index (κ3) is 7.74. The Morgan fingerprint density at radius 3 is 2.30 bits per heavy atom. The lowest BCUT2D eigenvalue weighted by molar-refractivity contribution is 0.0980. The molecule has 0 aliphatic heterocycles. The smallest absolute Gasteiger partial charge is 0.265 e. The van der Waals surface area contributed by atoms with Crippen molar-refractivity contribution in [2.45, 2.75) is 50.5 Å². The number of rotatable bonds is 10. The molecule has 0 bridgehead atoms. The van der Waals surface area contributed by atoms with Crippen LogP contribution in [0.4, 0.5) is 0 Å². The van der Waals surface area contributed by atoms with Crippen LogP contribution in [-0.2, 0) is 16.4 Å². The van der Waals surface area contributed by atoms with E-state index >= 15 is 0 Å². The number of sulfonamides is 1. The van der Waals surface area contributed by atoms with E-state index in [9.17, 15) is 18.3 Å². The van der Waals surface area contributed by atoms with Crippen molar-refractivity contribution >= 4 is 15.9 Å². The molecule has 0 unspecified atom stereocenters. The Kier molecular flexibility index (Phi) is 9.14. The van der Waals surface area contributed by atoms with Crippen LogP contribution in [0.3, 0.4) is 0 Å². The van der Waals surface area contributed by atoms with Gasteiger partial charge in [-0.3, -0.25) is 4.79 Å². The van der Waals surface area contributed by atoms with Crippen LogP contribution in [0.25, 0.3) is 11.1 Å². The lowest BCUT2D eigenvalue weighted by atomic mass is 9.81. The van der Waals surface area contributed by atoms with Crippen LogP contribution in [-0.4, -0.2) is 38.8 Å². The second-order valence-electron chi connectivity index (χ2n) is 9.92. The van der Waals surface area contributed by atoms with Gasteiger partial charge in [-0.25, -0.2) is 13.1 Å². The van der Waals surface area contributed by atoms with Gasteiger partial charge in [-0.1, -0.05) is 86.0 Å². The van der Waals surface area contributed by atoms with Gasteiger partial charge >= 0.3 is 0 Å². The van der Waals surface area contributed by atoms with E-state index < -0.39 is 22.0 Å². The molecule has 1 fully saturated rings. The van der Waals surface area contributed by atoms with Crippen molar-refractivity contribution in [3.8, 4) is 11.1 Å². The SMILES string of the molecule is CS(=O)(=O)NC(=O)c1ccc(-c2ccc(CCNC[C@@H](O)c3ccccc3)cc2)cc1C1CCCCC1. The van der Waals surface area contributed by atoms with Crippen LogP contribution < -0.4 is 10.0 Å². The van der Waals surface area contributed by atoms with Crippen LogP contribution >= 0.6 is 0 Å². The molecule has 1 atom stereocenters. The Morgan fingerprint density at radius 1 is 0.946 bits per heavy atom. The molecule has 0 radical (unpaired) electrons. The van der Waals surface area contributed by atoms with Crippen molar-refractivity contribution < 1.29 is 18.3 Å². The molecule has 3 N–H and O–H groups in total. The lowest BCUT2D eigenvalue weighted by Crippen LogP contribution is -2.30. The fourth-order valence-corrected chi connectivity index (χ4v) is 5.50. The summed E-state index contributed by atoms with van der Waals surface area (Å²) in [5.41, 5.74) is 5.56. The van der Waals surface area contributed by atoms with Crippen LogP contribution in [0.5, 0.6) is 0 Å². The summed E-state index contributed by atoms with van der Waals surface area (Å²) in [6.45, 7) is 1.27. The fourth-order valence-electron chi connectivity index (χ4n) is 5.05. The minimum absolute atomic E-state index is 0.255. The Morgan fingerprint density at radius 2 is 1.62 bits per heavy atom. The van der Waals surface area contributed by atoms with Crippen molar-refractivity contribution in [3.05, 3.63) is 95.1 Å². The van der Waals surface area contributed by atoms with E-state index in [2.05, 4.69) is 40.4 Å². The maximum Gasteiger partial charge on any atom is 0.265 e. The molecule has 6 nitrogen and oxygen atoms in total. The minimum Gasteiger partial charge on any atom is -0.387 e. The topological polar surface area (TPSA) is 95.5 Å². The second-order valence-corrected chi connectivity index (χ2v) is 11.7. The minimum atomic E-state index is -3.63. The van der Waals surface area contributed by atoms with Crippen LogP contribution in [0, 0.1) is 0 Å². The maximum absolute atomic E-state index is 12.8. The second kappa shape index (κ2) is 12.5. The molecule has 0 spiro atoms. The van der Waals surface area contributed by atoms with Gasteiger partial charge in [0.1, 0.15) is 0 Å². The van der Waals surface area contributed by atoms with Crippen molar-refractivity contribution in [1.29, 1.82) is 0 Å². The summed E-state index contributed by atoms with van der Waals surface area (Å²) in [6, 6.07) is 23.7. The van der Waals surface area contributed by atoms with Crippen LogP contribution in [0.2, 0.25) is 0 Å². The molecule has 7 heteroatoms. The van der Waals surface area contributed by atoms with E-state index in [-0.39, 0.29) is 5.92 Å². The molecule has 0 aromatic heterocycles. The summed E-state index contributed by atoms with van der Waals surface area (Å²) in [6.07, 6.45) is 6.77. The highest BCUT2D eigenvalue weighted by molar-refractivity contribution is 7.89. The Balaban J connectivity index is 1.42. The van der Waals surface area contributed by atoms with Gasteiger partial charge in [0, 0.05) is 12.1 Å². The van der Waals surface area contributed by atoms with Crippen LogP contribution in [0.15, 0.2) is 72.8 Å². The quantitative estimate of drug-likeness (QED) is 0.329. The van der Waals surface area contributed by atoms with Crippen molar-refractivity contribution in [2.24, 2.45) is 0 Å². The number of hydrogen-bond donors (Lipinski definition) is 3. The zero-order valence-electron chi connectivity index (χ0n) is 21.3. The maximum atomic E-state index is 12.8. The largest absolute Gasteiger partial charge is 0.387 e.